The molecule has 25 heavy (non-hydrogen) atoms. The van der Waals surface area contributed by atoms with Gasteiger partial charge in [-0.05, 0) is 17.7 Å². The van der Waals surface area contributed by atoms with Crippen molar-refractivity contribution in [3.8, 4) is 0 Å². The van der Waals surface area contributed by atoms with Crippen LogP contribution in [0.4, 0.5) is 5.13 Å². The van der Waals surface area contributed by atoms with E-state index in [1.807, 2.05) is 24.3 Å². The van der Waals surface area contributed by atoms with Crippen LogP contribution in [-0.2, 0) is 16.0 Å². The molecular formula is C16H16ClN5O2S. The Labute approximate surface area is 153 Å². The highest BCUT2D eigenvalue weighted by atomic mass is 35.5. The van der Waals surface area contributed by atoms with E-state index >= 15 is 0 Å². The van der Waals surface area contributed by atoms with Gasteiger partial charge in [0.15, 0.2) is 0 Å². The molecule has 3 heterocycles. The molecule has 2 aliphatic rings. The Kier molecular flexibility index (Phi) is 4.30. The van der Waals surface area contributed by atoms with Gasteiger partial charge in [-0.25, -0.2) is 0 Å². The number of halogens is 1. The van der Waals surface area contributed by atoms with Crippen molar-refractivity contribution in [1.29, 1.82) is 0 Å². The van der Waals surface area contributed by atoms with Gasteiger partial charge in [-0.15, -0.1) is 10.2 Å². The van der Waals surface area contributed by atoms with Crippen molar-refractivity contribution in [2.24, 2.45) is 0 Å². The van der Waals surface area contributed by atoms with Gasteiger partial charge in [0.25, 0.3) is 0 Å². The van der Waals surface area contributed by atoms with E-state index in [-0.39, 0.29) is 6.04 Å². The third-order valence-corrected chi connectivity index (χ3v) is 5.67. The van der Waals surface area contributed by atoms with Crippen LogP contribution in [0.25, 0.3) is 0 Å². The van der Waals surface area contributed by atoms with Crippen LogP contribution in [0.3, 0.4) is 0 Å². The smallest absolute Gasteiger partial charge is 0.312 e. The first kappa shape index (κ1) is 16.3. The van der Waals surface area contributed by atoms with Gasteiger partial charge < -0.3 is 15.1 Å². The molecular weight excluding hydrogens is 362 g/mol. The third kappa shape index (κ3) is 3.32. The summed E-state index contributed by atoms with van der Waals surface area (Å²) < 4.78 is 0. The lowest BCUT2D eigenvalue weighted by Crippen LogP contribution is -2.65. The first-order valence-corrected chi connectivity index (χ1v) is 9.20. The molecule has 1 N–H and O–H groups in total. The molecule has 130 valence electrons. The molecule has 1 atom stereocenters. The minimum atomic E-state index is -0.508. The number of hydrogen-bond acceptors (Lipinski definition) is 6. The highest BCUT2D eigenvalue weighted by Crippen LogP contribution is 2.25. The molecule has 0 bridgehead atoms. The molecule has 2 aliphatic heterocycles. The maximum atomic E-state index is 11.9. The number of hydrogen-bond donors (Lipinski definition) is 1. The van der Waals surface area contributed by atoms with Crippen molar-refractivity contribution in [2.75, 3.05) is 31.1 Å². The van der Waals surface area contributed by atoms with Gasteiger partial charge >= 0.3 is 11.8 Å². The number of aromatic nitrogens is 2. The summed E-state index contributed by atoms with van der Waals surface area (Å²) in [4.78, 5) is 27.1. The van der Waals surface area contributed by atoms with Crippen molar-refractivity contribution >= 4 is 39.9 Å². The van der Waals surface area contributed by atoms with Crippen LogP contribution in [0.5, 0.6) is 0 Å². The lowest BCUT2D eigenvalue weighted by molar-refractivity contribution is -0.150. The van der Waals surface area contributed by atoms with E-state index in [0.717, 1.165) is 15.7 Å². The van der Waals surface area contributed by atoms with Crippen molar-refractivity contribution in [3.05, 3.63) is 39.9 Å². The Morgan fingerprint density at radius 2 is 2.00 bits per heavy atom. The summed E-state index contributed by atoms with van der Waals surface area (Å²) in [5, 5.41) is 13.7. The summed E-state index contributed by atoms with van der Waals surface area (Å²) >= 11 is 7.47. The summed E-state index contributed by atoms with van der Waals surface area (Å²) in [5.74, 6) is -0.942. The highest BCUT2D eigenvalue weighted by molar-refractivity contribution is 7.15. The number of nitrogens with zero attached hydrogens (tertiary/aromatic N) is 4. The number of carbonyl (C=O) groups excluding carboxylic acids is 2. The standard InChI is InChI=1S/C16H16ClN5O2S/c17-11-3-1-10(2-4-11)7-13-19-20-16(25-13)21-5-6-22-12(9-21)8-18-14(23)15(22)24/h1-4,12H,5-9H2,(H,18,23). The minimum absolute atomic E-state index is 0.0115. The van der Waals surface area contributed by atoms with Crippen LogP contribution < -0.4 is 10.2 Å². The Bertz CT molecular complexity index is 809. The normalized spacial score (nSPS) is 20.4. The zero-order valence-corrected chi connectivity index (χ0v) is 14.9. The fourth-order valence-corrected chi connectivity index (χ4v) is 4.14. The highest BCUT2D eigenvalue weighted by Gasteiger charge is 2.38. The number of piperazine rings is 2. The fraction of sp³-hybridized carbons (Fsp3) is 0.375. The SMILES string of the molecule is O=C1NCC2CN(c3nnc(Cc4ccc(Cl)cc4)s3)CCN2C1=O. The molecule has 1 unspecified atom stereocenters. The Morgan fingerprint density at radius 3 is 2.80 bits per heavy atom. The quantitative estimate of drug-likeness (QED) is 0.805. The van der Waals surface area contributed by atoms with Crippen molar-refractivity contribution in [2.45, 2.75) is 12.5 Å². The van der Waals surface area contributed by atoms with E-state index in [9.17, 15) is 9.59 Å². The molecule has 2 aromatic rings. The maximum absolute atomic E-state index is 11.9. The van der Waals surface area contributed by atoms with E-state index in [1.165, 1.54) is 0 Å². The zero-order chi connectivity index (χ0) is 17.4. The van der Waals surface area contributed by atoms with E-state index in [0.29, 0.717) is 37.6 Å². The van der Waals surface area contributed by atoms with Gasteiger partial charge in [0, 0.05) is 37.6 Å². The second kappa shape index (κ2) is 6.61. The number of benzene rings is 1. The van der Waals surface area contributed by atoms with Gasteiger partial charge in [-0.1, -0.05) is 35.1 Å². The predicted molar refractivity (Wildman–Crippen MR) is 94.9 cm³/mol. The van der Waals surface area contributed by atoms with Crippen LogP contribution >= 0.6 is 22.9 Å². The monoisotopic (exact) mass is 377 g/mol. The lowest BCUT2D eigenvalue weighted by Gasteiger charge is -2.43. The third-order valence-electron chi connectivity index (χ3n) is 4.43. The molecule has 2 amide bonds. The number of anilines is 1. The van der Waals surface area contributed by atoms with Crippen LogP contribution in [0, 0.1) is 0 Å². The average molecular weight is 378 g/mol. The van der Waals surface area contributed by atoms with Crippen LogP contribution in [0.2, 0.25) is 5.02 Å². The topological polar surface area (TPSA) is 78.4 Å². The molecule has 9 heteroatoms. The Morgan fingerprint density at radius 1 is 1.20 bits per heavy atom. The predicted octanol–water partition coefficient (Wildman–Crippen LogP) is 0.929. The van der Waals surface area contributed by atoms with Crippen LogP contribution in [0.1, 0.15) is 10.6 Å². The number of fused-ring (bicyclic) bond motifs is 1. The summed E-state index contributed by atoms with van der Waals surface area (Å²) in [5.41, 5.74) is 1.14. The number of rotatable bonds is 3. The largest absolute Gasteiger partial charge is 0.346 e. The van der Waals surface area contributed by atoms with Crippen molar-refractivity contribution in [1.82, 2.24) is 20.4 Å². The summed E-state index contributed by atoms with van der Waals surface area (Å²) in [6.45, 7) is 2.33. The summed E-state index contributed by atoms with van der Waals surface area (Å²) in [6, 6.07) is 7.69. The molecule has 7 nitrogen and oxygen atoms in total. The first-order chi connectivity index (χ1) is 12.1. The van der Waals surface area contributed by atoms with Crippen LogP contribution in [-0.4, -0.2) is 59.1 Å². The molecule has 0 aliphatic carbocycles. The van der Waals surface area contributed by atoms with Gasteiger partial charge in [-0.3, -0.25) is 9.59 Å². The number of amides is 2. The average Bonchev–Trinajstić information content (AvgIpc) is 3.08. The van der Waals surface area contributed by atoms with Crippen LogP contribution in [0.15, 0.2) is 24.3 Å². The van der Waals surface area contributed by atoms with Gasteiger partial charge in [-0.2, -0.15) is 0 Å². The second-order valence-electron chi connectivity index (χ2n) is 6.09. The maximum Gasteiger partial charge on any atom is 0.312 e. The molecule has 0 radical (unpaired) electrons. The summed E-state index contributed by atoms with van der Waals surface area (Å²) in [6.07, 6.45) is 0.715. The van der Waals surface area contributed by atoms with Crippen molar-refractivity contribution < 1.29 is 9.59 Å². The van der Waals surface area contributed by atoms with Gasteiger partial charge in [0.1, 0.15) is 5.01 Å². The molecule has 0 saturated carbocycles. The first-order valence-electron chi connectivity index (χ1n) is 8.01. The van der Waals surface area contributed by atoms with Gasteiger partial charge in [0.05, 0.1) is 6.04 Å². The lowest BCUT2D eigenvalue weighted by atomic mass is 10.1. The molecule has 2 fully saturated rings. The number of carbonyl (C=O) groups is 2. The minimum Gasteiger partial charge on any atom is -0.346 e. The molecule has 1 aromatic heterocycles. The summed E-state index contributed by atoms with van der Waals surface area (Å²) in [7, 11) is 0. The van der Waals surface area contributed by atoms with E-state index in [1.54, 1.807) is 16.2 Å². The van der Waals surface area contributed by atoms with E-state index in [2.05, 4.69) is 20.4 Å². The van der Waals surface area contributed by atoms with Gasteiger partial charge in [0.2, 0.25) is 5.13 Å². The Hall–Kier alpha value is -2.19. The Balaban J connectivity index is 1.43. The van der Waals surface area contributed by atoms with Crippen molar-refractivity contribution in [3.63, 3.8) is 0 Å². The molecule has 4 rings (SSSR count). The van der Waals surface area contributed by atoms with E-state index < -0.39 is 11.8 Å². The molecule has 0 spiro atoms. The fourth-order valence-electron chi connectivity index (χ4n) is 3.11. The number of nitrogens with one attached hydrogen (secondary N) is 1. The second-order valence-corrected chi connectivity index (χ2v) is 7.57. The molecule has 2 saturated heterocycles. The molecule has 1 aromatic carbocycles. The van der Waals surface area contributed by atoms with E-state index in [4.69, 9.17) is 11.6 Å². The zero-order valence-electron chi connectivity index (χ0n) is 13.3.